The average Bonchev–Trinajstić information content (AvgIpc) is 2.80. The lowest BCUT2D eigenvalue weighted by Crippen LogP contribution is -2.38. The Morgan fingerprint density at radius 2 is 1.97 bits per heavy atom. The molecule has 2 N–H and O–H groups in total. The molecule has 7 nitrogen and oxygen atoms in total. The minimum Gasteiger partial charge on any atom is -0.496 e. The number of aryl methyl sites for hydroxylation is 1. The van der Waals surface area contributed by atoms with Crippen LogP contribution < -0.4 is 10.5 Å². The van der Waals surface area contributed by atoms with Crippen LogP contribution in [0.15, 0.2) is 54.9 Å². The number of methoxy groups -OCH3 is 1. The monoisotopic (exact) mass is 418 g/mol. The summed E-state index contributed by atoms with van der Waals surface area (Å²) in [4.78, 5) is 22.9. The lowest BCUT2D eigenvalue weighted by Gasteiger charge is -2.33. The molecule has 2 aromatic carbocycles. The van der Waals surface area contributed by atoms with Gasteiger partial charge in [0.2, 0.25) is 5.91 Å². The summed E-state index contributed by atoms with van der Waals surface area (Å²) in [6.45, 7) is 4.96. The molecule has 4 rings (SSSR count). The summed E-state index contributed by atoms with van der Waals surface area (Å²) in [5.41, 5.74) is 10.5. The number of nitrogens with two attached hydrogens (primary N) is 1. The number of rotatable bonds is 6. The molecule has 1 saturated heterocycles. The van der Waals surface area contributed by atoms with Crippen LogP contribution in [-0.2, 0) is 11.3 Å². The van der Waals surface area contributed by atoms with E-state index < -0.39 is 5.91 Å². The Hall–Kier alpha value is -3.29. The van der Waals surface area contributed by atoms with Crippen molar-refractivity contribution in [3.63, 3.8) is 0 Å². The molecule has 1 amide bonds. The Balaban J connectivity index is 1.56. The number of aromatic nitrogens is 2. The third-order valence-electron chi connectivity index (χ3n) is 5.46. The first-order valence-corrected chi connectivity index (χ1v) is 10.2. The van der Waals surface area contributed by atoms with E-state index in [1.165, 1.54) is 5.56 Å². The number of amides is 1. The molecule has 7 heteroatoms. The van der Waals surface area contributed by atoms with Crippen LogP contribution in [0.1, 0.15) is 33.3 Å². The smallest absolute Gasteiger partial charge is 0.248 e. The molecular formula is C24H26N4O3. The highest BCUT2D eigenvalue weighted by molar-refractivity contribution is 5.93. The number of primary amides is 1. The van der Waals surface area contributed by atoms with Crippen molar-refractivity contribution in [1.82, 2.24) is 14.9 Å². The van der Waals surface area contributed by atoms with E-state index in [1.54, 1.807) is 31.6 Å². The second kappa shape index (κ2) is 9.24. The van der Waals surface area contributed by atoms with E-state index in [4.69, 9.17) is 15.2 Å². The second-order valence-electron chi connectivity index (χ2n) is 7.64. The molecule has 1 atom stereocenters. The molecule has 1 unspecified atom stereocenters. The molecule has 0 bridgehead atoms. The van der Waals surface area contributed by atoms with Crippen LogP contribution in [0.5, 0.6) is 5.75 Å². The maximum Gasteiger partial charge on any atom is 0.248 e. The third kappa shape index (κ3) is 4.73. The minimum absolute atomic E-state index is 0.204. The quantitative estimate of drug-likeness (QED) is 0.661. The van der Waals surface area contributed by atoms with Gasteiger partial charge in [0.15, 0.2) is 0 Å². The Morgan fingerprint density at radius 3 is 2.71 bits per heavy atom. The lowest BCUT2D eigenvalue weighted by molar-refractivity contribution is -0.0350. The van der Waals surface area contributed by atoms with Gasteiger partial charge in [0, 0.05) is 48.7 Å². The van der Waals surface area contributed by atoms with E-state index in [-0.39, 0.29) is 6.10 Å². The van der Waals surface area contributed by atoms with Crippen LogP contribution in [0.25, 0.3) is 11.3 Å². The maximum atomic E-state index is 11.4. The third-order valence-corrected chi connectivity index (χ3v) is 5.46. The summed E-state index contributed by atoms with van der Waals surface area (Å²) < 4.78 is 11.7. The van der Waals surface area contributed by atoms with Crippen LogP contribution in [0.2, 0.25) is 0 Å². The Labute approximate surface area is 181 Å². The van der Waals surface area contributed by atoms with Crippen LogP contribution in [0.4, 0.5) is 0 Å². The number of carbonyl (C=O) groups excluding carboxylic acids is 1. The van der Waals surface area contributed by atoms with Crippen molar-refractivity contribution in [1.29, 1.82) is 0 Å². The topological polar surface area (TPSA) is 90.6 Å². The fraction of sp³-hybridized carbons (Fsp3) is 0.292. The molecule has 0 spiro atoms. The van der Waals surface area contributed by atoms with Gasteiger partial charge in [-0.05, 0) is 30.7 Å². The van der Waals surface area contributed by atoms with Crippen LogP contribution in [0.3, 0.4) is 0 Å². The lowest BCUT2D eigenvalue weighted by atomic mass is 10.0. The van der Waals surface area contributed by atoms with E-state index in [1.807, 2.05) is 12.1 Å². The average molecular weight is 418 g/mol. The predicted octanol–water partition coefficient (Wildman–Crippen LogP) is 3.13. The van der Waals surface area contributed by atoms with E-state index in [9.17, 15) is 4.79 Å². The number of benzene rings is 2. The van der Waals surface area contributed by atoms with Crippen molar-refractivity contribution in [2.45, 2.75) is 19.6 Å². The molecule has 2 heterocycles. The number of carbonyl (C=O) groups is 1. The molecular weight excluding hydrogens is 392 g/mol. The maximum absolute atomic E-state index is 11.4. The molecule has 1 aromatic heterocycles. The van der Waals surface area contributed by atoms with Gasteiger partial charge in [0.1, 0.15) is 11.9 Å². The summed E-state index contributed by atoms with van der Waals surface area (Å²) in [7, 11) is 1.70. The number of ether oxygens (including phenoxy) is 2. The summed E-state index contributed by atoms with van der Waals surface area (Å²) in [6, 6.07) is 13.4. The molecule has 160 valence electrons. The van der Waals surface area contributed by atoms with E-state index >= 15 is 0 Å². The predicted molar refractivity (Wildman–Crippen MR) is 118 cm³/mol. The number of nitrogens with zero attached hydrogens (tertiary/aromatic N) is 3. The van der Waals surface area contributed by atoms with Gasteiger partial charge in [-0.15, -0.1) is 0 Å². The first-order chi connectivity index (χ1) is 15.0. The fourth-order valence-electron chi connectivity index (χ4n) is 3.83. The molecule has 1 aliphatic rings. The summed E-state index contributed by atoms with van der Waals surface area (Å²) in [5.74, 6) is 0.446. The van der Waals surface area contributed by atoms with Gasteiger partial charge >= 0.3 is 0 Å². The van der Waals surface area contributed by atoms with Crippen LogP contribution >= 0.6 is 0 Å². The number of morpholine rings is 1. The zero-order chi connectivity index (χ0) is 21.8. The van der Waals surface area contributed by atoms with Crippen molar-refractivity contribution in [3.8, 4) is 17.0 Å². The largest absolute Gasteiger partial charge is 0.496 e. The zero-order valence-electron chi connectivity index (χ0n) is 17.7. The van der Waals surface area contributed by atoms with Gasteiger partial charge in [-0.3, -0.25) is 19.7 Å². The van der Waals surface area contributed by atoms with E-state index in [0.717, 1.165) is 41.4 Å². The molecule has 31 heavy (non-hydrogen) atoms. The Bertz CT molecular complexity index is 1070. The second-order valence-corrected chi connectivity index (χ2v) is 7.64. The standard InChI is InChI=1S/C24H26N4O3/c1-16-3-4-19(20(13-16)30-2)14-28-11-12-31-21(15-28)23-22(26-9-10-27-23)17-5-7-18(8-6-17)24(25)29/h3-10,13,21H,11-12,14-15H2,1-2H3,(H2,25,29). The first-order valence-electron chi connectivity index (χ1n) is 10.2. The van der Waals surface area contributed by atoms with Gasteiger partial charge in [0.25, 0.3) is 0 Å². The summed E-state index contributed by atoms with van der Waals surface area (Å²) >= 11 is 0. The molecule has 1 fully saturated rings. The van der Waals surface area contributed by atoms with Crippen LogP contribution in [0, 0.1) is 6.92 Å². The highest BCUT2D eigenvalue weighted by Gasteiger charge is 2.27. The van der Waals surface area contributed by atoms with Gasteiger partial charge in [-0.2, -0.15) is 0 Å². The molecule has 0 radical (unpaired) electrons. The van der Waals surface area contributed by atoms with Gasteiger partial charge in [-0.25, -0.2) is 0 Å². The summed E-state index contributed by atoms with van der Waals surface area (Å²) in [6.07, 6.45) is 3.14. The van der Waals surface area contributed by atoms with E-state index in [2.05, 4.69) is 40.0 Å². The molecule has 0 saturated carbocycles. The SMILES string of the molecule is COc1cc(C)ccc1CN1CCOC(c2nccnc2-c2ccc(C(N)=O)cc2)C1. The van der Waals surface area contributed by atoms with Crippen LogP contribution in [-0.4, -0.2) is 47.6 Å². The molecule has 0 aliphatic carbocycles. The fourth-order valence-corrected chi connectivity index (χ4v) is 3.83. The van der Waals surface area contributed by atoms with Crippen molar-refractivity contribution >= 4 is 5.91 Å². The highest BCUT2D eigenvalue weighted by Crippen LogP contribution is 2.30. The van der Waals surface area contributed by atoms with E-state index in [0.29, 0.717) is 18.7 Å². The van der Waals surface area contributed by atoms with Gasteiger partial charge in [-0.1, -0.05) is 24.3 Å². The van der Waals surface area contributed by atoms with Gasteiger partial charge in [0.05, 0.1) is 25.1 Å². The molecule has 3 aromatic rings. The number of hydrogen-bond acceptors (Lipinski definition) is 6. The Kier molecular flexibility index (Phi) is 6.25. The van der Waals surface area contributed by atoms with Gasteiger partial charge < -0.3 is 15.2 Å². The highest BCUT2D eigenvalue weighted by atomic mass is 16.5. The zero-order valence-corrected chi connectivity index (χ0v) is 17.7. The van der Waals surface area contributed by atoms with Crippen molar-refractivity contribution in [2.75, 3.05) is 26.8 Å². The Morgan fingerprint density at radius 1 is 1.19 bits per heavy atom. The number of hydrogen-bond donors (Lipinski definition) is 1. The minimum atomic E-state index is -0.455. The molecule has 1 aliphatic heterocycles. The summed E-state index contributed by atoms with van der Waals surface area (Å²) in [5, 5.41) is 0. The van der Waals surface area contributed by atoms with Crippen molar-refractivity contribution in [3.05, 3.63) is 77.2 Å². The van der Waals surface area contributed by atoms with Crippen molar-refractivity contribution < 1.29 is 14.3 Å². The van der Waals surface area contributed by atoms with Crippen molar-refractivity contribution in [2.24, 2.45) is 5.73 Å². The first kappa shape index (κ1) is 21.0. The normalized spacial score (nSPS) is 16.8.